The van der Waals surface area contributed by atoms with E-state index in [2.05, 4.69) is 360 Å². The van der Waals surface area contributed by atoms with Crippen LogP contribution in [0.25, 0.3) is 123 Å². The van der Waals surface area contributed by atoms with E-state index in [1.807, 2.05) is 24.3 Å². The molecular formula is C96H77BN10. The van der Waals surface area contributed by atoms with Gasteiger partial charge < -0.3 is 18.9 Å². The summed E-state index contributed by atoms with van der Waals surface area (Å²) in [6.07, 6.45) is 0. The van der Waals surface area contributed by atoms with Crippen molar-refractivity contribution in [2.45, 2.75) is 78.6 Å². The predicted octanol–water partition coefficient (Wildman–Crippen LogP) is 22.2. The maximum Gasteiger partial charge on any atom is 0.252 e. The first kappa shape index (κ1) is 64.9. The van der Waals surface area contributed by atoms with Gasteiger partial charge in [0.25, 0.3) is 6.71 Å². The van der Waals surface area contributed by atoms with Gasteiger partial charge in [-0.1, -0.05) is 281 Å². The molecule has 0 saturated heterocycles. The van der Waals surface area contributed by atoms with Crippen molar-refractivity contribution in [2.75, 3.05) is 9.80 Å². The molecule has 2 aliphatic rings. The van der Waals surface area contributed by atoms with Gasteiger partial charge in [-0.05, 0) is 134 Å². The van der Waals surface area contributed by atoms with E-state index >= 15 is 0 Å². The predicted molar refractivity (Wildman–Crippen MR) is 445 cm³/mol. The van der Waals surface area contributed by atoms with Gasteiger partial charge in [-0.3, -0.25) is 0 Å². The first-order chi connectivity index (χ1) is 52.0. The smallest absolute Gasteiger partial charge is 0.252 e. The second-order valence-corrected chi connectivity index (χ2v) is 31.5. The summed E-state index contributed by atoms with van der Waals surface area (Å²) in [5.41, 5.74) is 23.9. The fourth-order valence-electron chi connectivity index (χ4n) is 16.2. The molecule has 0 saturated carbocycles. The molecule has 0 fully saturated rings. The van der Waals surface area contributed by atoms with Crippen molar-refractivity contribution in [2.24, 2.45) is 0 Å². The molecule has 0 atom stereocenters. The van der Waals surface area contributed by atoms with Crippen molar-refractivity contribution in [1.82, 2.24) is 39.0 Å². The fraction of sp³-hybridized carbons (Fsp3) is 0.125. The van der Waals surface area contributed by atoms with Crippen LogP contribution in [0.15, 0.2) is 303 Å². The highest BCUT2D eigenvalue weighted by Crippen LogP contribution is 2.52. The maximum absolute atomic E-state index is 5.62. The molecule has 514 valence electrons. The number of aromatic nitrogens is 8. The highest BCUT2D eigenvalue weighted by molar-refractivity contribution is 7.00. The summed E-state index contributed by atoms with van der Waals surface area (Å²) in [5.74, 6) is 3.49. The molecule has 0 aliphatic carbocycles. The summed E-state index contributed by atoms with van der Waals surface area (Å²) in [6, 6.07) is 110. The van der Waals surface area contributed by atoms with Gasteiger partial charge in [0.2, 0.25) is 0 Å². The van der Waals surface area contributed by atoms with Crippen LogP contribution in [0.1, 0.15) is 79.0 Å². The Kier molecular flexibility index (Phi) is 15.1. The number of fused-ring (bicyclic) bond motifs is 10. The minimum Gasteiger partial charge on any atom is -0.311 e. The fourth-order valence-corrected chi connectivity index (χ4v) is 16.2. The number of rotatable bonds is 10. The van der Waals surface area contributed by atoms with E-state index in [0.29, 0.717) is 34.9 Å². The SMILES string of the molecule is CC(C)(C)c1ccc(N2c3cc(-n4c5ccccc5c5ccccc54)ccc3B3c4ccc(-n5c6ccccc6c6ccccc65)cc4N(c4ccc(C(C)(C)C)cc4-c4nc(-c5ccccc5)nc(-c5ccccc5)n4)c4cc(C(C)(C)C)cc2c43)c(-c2nc(-c3ccccc3)nc(-c3ccccc3)n2)c1. The Morgan fingerprint density at radius 3 is 0.841 bits per heavy atom. The molecule has 19 rings (SSSR count). The van der Waals surface area contributed by atoms with Crippen LogP contribution in [0, 0.1) is 0 Å². The first-order valence-corrected chi connectivity index (χ1v) is 37.0. The highest BCUT2D eigenvalue weighted by Gasteiger charge is 2.46. The van der Waals surface area contributed by atoms with Gasteiger partial charge >= 0.3 is 0 Å². The molecule has 17 aromatic rings. The van der Waals surface area contributed by atoms with Gasteiger partial charge in [0.1, 0.15) is 0 Å². The monoisotopic (exact) mass is 1380 g/mol. The lowest BCUT2D eigenvalue weighted by molar-refractivity contribution is 0.590. The Morgan fingerprint density at radius 2 is 0.533 bits per heavy atom. The number of nitrogens with zero attached hydrogens (tertiary/aromatic N) is 10. The summed E-state index contributed by atoms with van der Waals surface area (Å²) >= 11 is 0. The first-order valence-electron chi connectivity index (χ1n) is 37.0. The zero-order valence-corrected chi connectivity index (χ0v) is 61.4. The Hall–Kier alpha value is -12.9. The zero-order chi connectivity index (χ0) is 72.6. The van der Waals surface area contributed by atoms with Gasteiger partial charge in [0, 0.05) is 89.0 Å². The lowest BCUT2D eigenvalue weighted by Crippen LogP contribution is -2.61. The van der Waals surface area contributed by atoms with Crippen molar-refractivity contribution in [3.05, 3.63) is 320 Å². The molecule has 0 N–H and O–H groups in total. The van der Waals surface area contributed by atoms with Gasteiger partial charge in [-0.25, -0.2) is 29.9 Å². The van der Waals surface area contributed by atoms with E-state index in [0.717, 1.165) is 134 Å². The average molecular weight is 1380 g/mol. The highest BCUT2D eigenvalue weighted by atomic mass is 15.2. The molecule has 107 heavy (non-hydrogen) atoms. The topological polar surface area (TPSA) is 93.7 Å². The van der Waals surface area contributed by atoms with E-state index < -0.39 is 0 Å². The lowest BCUT2D eigenvalue weighted by Gasteiger charge is -2.46. The number of benzene rings is 13. The molecule has 0 spiro atoms. The van der Waals surface area contributed by atoms with Crippen LogP contribution in [0.4, 0.5) is 34.1 Å². The molecule has 0 amide bonds. The standard InChI is InChI=1S/C96H77BN10/c1-94(2,3)64-46-52-81(73(54-64)92-100-88(60-30-14-10-15-31-60)98-89(101-92)61-32-16-11-17-33-61)106-83-58-67(104-77-42-26-22-38-69(77)70-39-23-27-43-78(70)104)48-50-75(83)97-76-51-49-68(105-79-44-28-24-40-71(79)72-41-25-29-45-80(72)105)59-84(76)107(86-57-66(96(7,8)9)56-85(106)87(86)97)82-53-47-65(95(4,5)6)55-74(82)93-102-90(62-34-18-12-19-35-62)99-91(103-93)63-36-20-13-21-37-63/h10-59H,1-9H3. The van der Waals surface area contributed by atoms with Gasteiger partial charge in [-0.15, -0.1) is 0 Å². The average Bonchev–Trinajstić information content (AvgIpc) is 0.971. The Morgan fingerprint density at radius 1 is 0.243 bits per heavy atom. The third-order valence-corrected chi connectivity index (χ3v) is 21.7. The van der Waals surface area contributed by atoms with Crippen LogP contribution in [-0.4, -0.2) is 45.8 Å². The van der Waals surface area contributed by atoms with Crippen LogP contribution in [-0.2, 0) is 16.2 Å². The molecule has 0 radical (unpaired) electrons. The van der Waals surface area contributed by atoms with Crippen molar-refractivity contribution in [3.63, 3.8) is 0 Å². The number of anilines is 6. The third kappa shape index (κ3) is 11.0. The summed E-state index contributed by atoms with van der Waals surface area (Å²) in [7, 11) is 0. The molecule has 11 heteroatoms. The Labute approximate surface area is 624 Å². The summed E-state index contributed by atoms with van der Waals surface area (Å²) in [5, 5.41) is 4.78. The van der Waals surface area contributed by atoms with Crippen LogP contribution >= 0.6 is 0 Å². The van der Waals surface area contributed by atoms with Gasteiger partial charge in [-0.2, -0.15) is 0 Å². The summed E-state index contributed by atoms with van der Waals surface area (Å²) < 4.78 is 4.91. The van der Waals surface area contributed by atoms with Crippen molar-refractivity contribution in [3.8, 4) is 79.7 Å². The van der Waals surface area contributed by atoms with E-state index in [1.54, 1.807) is 0 Å². The number of hydrogen-bond acceptors (Lipinski definition) is 8. The van der Waals surface area contributed by atoms with Crippen molar-refractivity contribution < 1.29 is 0 Å². The van der Waals surface area contributed by atoms with E-state index in [1.165, 1.54) is 21.5 Å². The van der Waals surface area contributed by atoms with Crippen LogP contribution in [0.5, 0.6) is 0 Å². The minimum atomic E-state index is -0.390. The Bertz CT molecular complexity index is 5800. The van der Waals surface area contributed by atoms with Crippen LogP contribution in [0.2, 0.25) is 0 Å². The Balaban J connectivity index is 0.956. The zero-order valence-electron chi connectivity index (χ0n) is 61.4. The van der Waals surface area contributed by atoms with E-state index in [9.17, 15) is 0 Å². The summed E-state index contributed by atoms with van der Waals surface area (Å²) in [4.78, 5) is 38.2. The maximum atomic E-state index is 5.62. The number of hydrogen-bond donors (Lipinski definition) is 0. The largest absolute Gasteiger partial charge is 0.311 e. The molecule has 13 aromatic carbocycles. The third-order valence-electron chi connectivity index (χ3n) is 21.7. The van der Waals surface area contributed by atoms with Crippen molar-refractivity contribution >= 4 is 101 Å². The van der Waals surface area contributed by atoms with Crippen molar-refractivity contribution in [1.29, 1.82) is 0 Å². The molecule has 10 nitrogen and oxygen atoms in total. The molecular weight excluding hydrogens is 1300 g/mol. The molecule has 6 heterocycles. The van der Waals surface area contributed by atoms with E-state index in [-0.39, 0.29) is 23.0 Å². The number of para-hydroxylation sites is 4. The normalized spacial score (nSPS) is 12.9. The molecule has 0 unspecified atom stereocenters. The molecule has 2 aliphatic heterocycles. The van der Waals surface area contributed by atoms with E-state index in [4.69, 9.17) is 29.9 Å². The van der Waals surface area contributed by atoms with Crippen LogP contribution in [0.3, 0.4) is 0 Å². The lowest BCUT2D eigenvalue weighted by atomic mass is 9.33. The summed E-state index contributed by atoms with van der Waals surface area (Å²) in [6.45, 7) is 20.4. The quantitative estimate of drug-likeness (QED) is 0.125. The second-order valence-electron chi connectivity index (χ2n) is 31.5. The van der Waals surface area contributed by atoms with Gasteiger partial charge in [0.15, 0.2) is 34.9 Å². The van der Waals surface area contributed by atoms with Crippen LogP contribution < -0.4 is 26.2 Å². The molecule has 0 bridgehead atoms. The van der Waals surface area contributed by atoms with Gasteiger partial charge in [0.05, 0.1) is 33.4 Å². The molecule has 4 aromatic heterocycles. The minimum absolute atomic E-state index is 0.268. The second kappa shape index (κ2) is 24.9.